The van der Waals surface area contributed by atoms with Gasteiger partial charge in [-0.2, -0.15) is 5.10 Å². The van der Waals surface area contributed by atoms with Crippen molar-refractivity contribution in [2.45, 2.75) is 37.7 Å². The van der Waals surface area contributed by atoms with E-state index in [1.54, 1.807) is 24.2 Å². The summed E-state index contributed by atoms with van der Waals surface area (Å²) < 4.78 is 1.17. The van der Waals surface area contributed by atoms with E-state index in [1.165, 1.54) is 3.57 Å². The maximum atomic E-state index is 12.5. The predicted octanol–water partition coefficient (Wildman–Crippen LogP) is 4.00. The molecule has 0 radical (unpaired) electrons. The van der Waals surface area contributed by atoms with Crippen LogP contribution in [-0.2, 0) is 11.3 Å². The Morgan fingerprint density at radius 2 is 1.91 bits per heavy atom. The van der Waals surface area contributed by atoms with E-state index in [0.29, 0.717) is 30.5 Å². The molecular formula is C25H28IN5O2S2. The first kappa shape index (κ1) is 26.1. The minimum absolute atomic E-state index is 0.0184. The maximum absolute atomic E-state index is 12.5. The molecule has 2 unspecified atom stereocenters. The number of benzene rings is 1. The average Bonchev–Trinajstić information content (AvgIpc) is 3.28. The Morgan fingerprint density at radius 3 is 2.60 bits per heavy atom. The van der Waals surface area contributed by atoms with Crippen molar-refractivity contribution >= 4 is 63.3 Å². The second-order valence-corrected chi connectivity index (χ2v) is 11.2. The van der Waals surface area contributed by atoms with Crippen LogP contribution in [0.15, 0.2) is 64.9 Å². The highest BCUT2D eigenvalue weighted by Crippen LogP contribution is 2.43. The molecule has 2 atom stereocenters. The molecule has 35 heavy (non-hydrogen) atoms. The molecule has 4 rings (SSSR count). The number of nitrogens with zero attached hydrogens (tertiary/aromatic N) is 3. The summed E-state index contributed by atoms with van der Waals surface area (Å²) in [5, 5.41) is 20.8. The summed E-state index contributed by atoms with van der Waals surface area (Å²) in [4.78, 5) is 18.6. The zero-order chi connectivity index (χ0) is 24.8. The second-order valence-electron chi connectivity index (χ2n) is 8.58. The number of piperidine rings is 1. The fourth-order valence-corrected chi connectivity index (χ4v) is 5.91. The van der Waals surface area contributed by atoms with E-state index in [1.807, 2.05) is 29.4 Å². The van der Waals surface area contributed by atoms with Gasteiger partial charge in [0.2, 0.25) is 5.91 Å². The zero-order valence-corrected chi connectivity index (χ0v) is 23.1. The Hall–Kier alpha value is -2.02. The number of likely N-dealkylation sites (tertiary alicyclic amines) is 1. The highest BCUT2D eigenvalue weighted by molar-refractivity contribution is 14.1. The summed E-state index contributed by atoms with van der Waals surface area (Å²) in [6.07, 6.45) is 4.31. The number of carbonyl (C=O) groups excluding carboxylic acids is 1. The third-order valence-electron chi connectivity index (χ3n) is 6.25. The van der Waals surface area contributed by atoms with Crippen molar-refractivity contribution in [3.63, 3.8) is 0 Å². The summed E-state index contributed by atoms with van der Waals surface area (Å²) in [6.45, 7) is 3.79. The molecule has 2 aliphatic rings. The van der Waals surface area contributed by atoms with Gasteiger partial charge in [-0.3, -0.25) is 15.2 Å². The van der Waals surface area contributed by atoms with Crippen LogP contribution in [0, 0.1) is 9.49 Å². The number of aliphatic hydroxyl groups is 1. The van der Waals surface area contributed by atoms with Gasteiger partial charge in [-0.25, -0.2) is 0 Å². The number of thiocarbonyl (C=S) groups is 1. The van der Waals surface area contributed by atoms with Gasteiger partial charge < -0.3 is 15.3 Å². The van der Waals surface area contributed by atoms with Crippen molar-refractivity contribution in [2.75, 3.05) is 13.1 Å². The number of rotatable bonds is 6. The minimum Gasteiger partial charge on any atom is -0.387 e. The van der Waals surface area contributed by atoms with Crippen molar-refractivity contribution in [1.29, 1.82) is 0 Å². The molecule has 0 bridgehead atoms. The lowest BCUT2D eigenvalue weighted by Gasteiger charge is -2.32. The number of nitrogens with one attached hydrogen (secondary N) is 2. The highest BCUT2D eigenvalue weighted by atomic mass is 127. The van der Waals surface area contributed by atoms with Crippen molar-refractivity contribution in [3.8, 4) is 0 Å². The van der Waals surface area contributed by atoms with Crippen molar-refractivity contribution < 1.29 is 9.90 Å². The van der Waals surface area contributed by atoms with Crippen LogP contribution >= 0.6 is 46.6 Å². The molecule has 10 heteroatoms. The van der Waals surface area contributed by atoms with Crippen LogP contribution in [0.3, 0.4) is 0 Å². The summed E-state index contributed by atoms with van der Waals surface area (Å²) in [7, 11) is 0. The number of halogens is 1. The molecule has 3 N–H and O–H groups in total. The van der Waals surface area contributed by atoms with Gasteiger partial charge in [0.15, 0.2) is 5.11 Å². The SMILES string of the molecule is C/C(=N\NC(=S)N1CCC(C(=O)NCc2ccncc2)CC1)C1=CSC(c2ccc(I)cc2)C1O. The van der Waals surface area contributed by atoms with E-state index >= 15 is 0 Å². The standard InChI is InChI=1S/C25H28IN5O2S2/c1-16(21-15-35-23(22(21)32)18-2-4-20(26)5-3-18)29-30-25(34)31-12-8-19(9-13-31)24(33)28-14-17-6-10-27-11-7-17/h2-7,10-11,15,19,22-23,32H,8-9,12-14H2,1H3,(H,28,33)(H,30,34)/b29-16+. The van der Waals surface area contributed by atoms with E-state index in [4.69, 9.17) is 12.2 Å². The Balaban J connectivity index is 1.23. The lowest BCUT2D eigenvalue weighted by atomic mass is 9.96. The number of hydrogen-bond acceptors (Lipinski definition) is 6. The first-order valence-corrected chi connectivity index (χ1v) is 13.9. The molecular weight excluding hydrogens is 593 g/mol. The number of hydrazone groups is 1. The van der Waals surface area contributed by atoms with E-state index in [-0.39, 0.29) is 17.1 Å². The Morgan fingerprint density at radius 1 is 1.23 bits per heavy atom. The summed E-state index contributed by atoms with van der Waals surface area (Å²) >= 11 is 9.42. The summed E-state index contributed by atoms with van der Waals surface area (Å²) in [6, 6.07) is 12.0. The van der Waals surface area contributed by atoms with Gasteiger partial charge in [-0.15, -0.1) is 11.8 Å². The van der Waals surface area contributed by atoms with E-state index in [9.17, 15) is 9.90 Å². The molecule has 1 fully saturated rings. The third-order valence-corrected chi connectivity index (χ3v) is 8.53. The zero-order valence-electron chi connectivity index (χ0n) is 19.4. The van der Waals surface area contributed by atoms with Gasteiger partial charge in [0.1, 0.15) is 0 Å². The number of pyridine rings is 1. The molecule has 7 nitrogen and oxygen atoms in total. The van der Waals surface area contributed by atoms with Crippen LogP contribution < -0.4 is 10.7 Å². The average molecular weight is 622 g/mol. The molecule has 0 aliphatic carbocycles. The first-order chi connectivity index (χ1) is 16.9. The van der Waals surface area contributed by atoms with Crippen LogP contribution in [-0.4, -0.2) is 50.9 Å². The molecule has 1 amide bonds. The Bertz CT molecular complexity index is 1100. The number of thioether (sulfide) groups is 1. The fraction of sp³-hybridized carbons (Fsp3) is 0.360. The van der Waals surface area contributed by atoms with Gasteiger partial charge >= 0.3 is 0 Å². The molecule has 1 aromatic heterocycles. The smallest absolute Gasteiger partial charge is 0.223 e. The molecule has 1 aromatic carbocycles. The van der Waals surface area contributed by atoms with Gasteiger partial charge in [0, 0.05) is 47.1 Å². The maximum Gasteiger partial charge on any atom is 0.223 e. The lowest BCUT2D eigenvalue weighted by Crippen LogP contribution is -2.45. The minimum atomic E-state index is -0.624. The van der Waals surface area contributed by atoms with Crippen LogP contribution in [0.2, 0.25) is 0 Å². The number of amides is 1. The molecule has 2 aromatic rings. The number of aromatic nitrogens is 1. The largest absolute Gasteiger partial charge is 0.387 e. The monoisotopic (exact) mass is 621 g/mol. The molecule has 3 heterocycles. The summed E-state index contributed by atoms with van der Waals surface area (Å²) in [5.74, 6) is 0.0617. The van der Waals surface area contributed by atoms with Crippen molar-refractivity contribution in [2.24, 2.45) is 11.0 Å². The van der Waals surface area contributed by atoms with Crippen LogP contribution in [0.25, 0.3) is 0 Å². The molecule has 0 spiro atoms. The summed E-state index contributed by atoms with van der Waals surface area (Å²) in [5.41, 5.74) is 6.63. The molecule has 1 saturated heterocycles. The number of carbonyl (C=O) groups is 1. The van der Waals surface area contributed by atoms with E-state index in [2.05, 4.69) is 67.7 Å². The molecule has 184 valence electrons. The quantitative estimate of drug-likeness (QED) is 0.195. The van der Waals surface area contributed by atoms with Crippen LogP contribution in [0.1, 0.15) is 36.1 Å². The fourth-order valence-electron chi connectivity index (χ4n) is 4.11. The van der Waals surface area contributed by atoms with Gasteiger partial charge in [-0.1, -0.05) is 12.1 Å². The van der Waals surface area contributed by atoms with E-state index in [0.717, 1.165) is 29.5 Å². The van der Waals surface area contributed by atoms with Crippen LogP contribution in [0.5, 0.6) is 0 Å². The first-order valence-electron chi connectivity index (χ1n) is 11.5. The second kappa shape index (κ2) is 12.3. The van der Waals surface area contributed by atoms with Gasteiger partial charge in [-0.05, 0) is 95.4 Å². The van der Waals surface area contributed by atoms with Crippen molar-refractivity contribution in [1.82, 2.24) is 20.6 Å². The Kier molecular flexibility index (Phi) is 9.15. The number of hydrogen-bond donors (Lipinski definition) is 3. The predicted molar refractivity (Wildman–Crippen MR) is 153 cm³/mol. The third kappa shape index (κ3) is 6.81. The normalized spacial score (nSPS) is 20.9. The molecule has 0 saturated carbocycles. The lowest BCUT2D eigenvalue weighted by molar-refractivity contribution is -0.126. The number of aliphatic hydroxyl groups excluding tert-OH is 1. The van der Waals surface area contributed by atoms with Gasteiger partial charge in [0.25, 0.3) is 0 Å². The van der Waals surface area contributed by atoms with Crippen LogP contribution in [0.4, 0.5) is 0 Å². The van der Waals surface area contributed by atoms with Crippen molar-refractivity contribution in [3.05, 3.63) is 74.5 Å². The van der Waals surface area contributed by atoms with Gasteiger partial charge in [0.05, 0.1) is 17.1 Å². The van der Waals surface area contributed by atoms with E-state index < -0.39 is 6.10 Å². The highest BCUT2D eigenvalue weighted by Gasteiger charge is 2.31. The Labute approximate surface area is 229 Å². The molecule has 2 aliphatic heterocycles. The topological polar surface area (TPSA) is 89.9 Å².